The van der Waals surface area contributed by atoms with E-state index in [4.69, 9.17) is 9.47 Å². The molecule has 0 aromatic rings. The Hall–Kier alpha value is -0.830. The molecule has 3 nitrogen and oxygen atoms in total. The lowest BCUT2D eigenvalue weighted by atomic mass is 9.33. The lowest BCUT2D eigenvalue weighted by Crippen LogP contribution is -2.68. The van der Waals surface area contributed by atoms with Crippen LogP contribution < -0.4 is 0 Å². The zero-order valence-corrected chi connectivity index (χ0v) is 23.9. The molecule has 1 aliphatic heterocycles. The van der Waals surface area contributed by atoms with E-state index < -0.39 is 0 Å². The summed E-state index contributed by atoms with van der Waals surface area (Å²) in [7, 11) is 0. The van der Waals surface area contributed by atoms with Crippen LogP contribution in [0.25, 0.3) is 0 Å². The predicted octanol–water partition coefficient (Wildman–Crippen LogP) is 7.73. The molecule has 6 rings (SSSR count). The summed E-state index contributed by atoms with van der Waals surface area (Å²) in [5.41, 5.74) is 2.59. The molecule has 0 N–H and O–H groups in total. The number of ether oxygens (including phenoxy) is 2. The lowest BCUT2D eigenvalue weighted by Gasteiger charge is -2.70. The molecule has 35 heavy (non-hydrogen) atoms. The number of rotatable bonds is 1. The molecule has 0 bridgehead atoms. The van der Waals surface area contributed by atoms with Gasteiger partial charge in [0, 0.05) is 17.8 Å². The highest BCUT2D eigenvalue weighted by Gasteiger charge is 2.82. The molecule has 4 saturated carbocycles. The number of epoxide rings is 1. The minimum Gasteiger partial charge on any atom is -0.462 e. The average molecular weight is 483 g/mol. The van der Waals surface area contributed by atoms with Gasteiger partial charge in [0.25, 0.3) is 0 Å². The molecular formula is C32H50O3. The van der Waals surface area contributed by atoms with E-state index in [-0.39, 0.29) is 39.3 Å². The Morgan fingerprint density at radius 1 is 1.00 bits per heavy atom. The highest BCUT2D eigenvalue weighted by Crippen LogP contribution is 2.81. The molecule has 0 unspecified atom stereocenters. The first-order chi connectivity index (χ1) is 16.2. The third-order valence-electron chi connectivity index (χ3n) is 14.0. The maximum Gasteiger partial charge on any atom is 0.302 e. The van der Waals surface area contributed by atoms with Crippen LogP contribution in [0.15, 0.2) is 11.6 Å². The van der Waals surface area contributed by atoms with Gasteiger partial charge in [0.2, 0.25) is 0 Å². The van der Waals surface area contributed by atoms with Crippen molar-refractivity contribution < 1.29 is 14.3 Å². The van der Waals surface area contributed by atoms with Gasteiger partial charge in [-0.05, 0) is 96.9 Å². The van der Waals surface area contributed by atoms with Crippen LogP contribution >= 0.6 is 0 Å². The fraction of sp³-hybridized carbons (Fsp3) is 0.906. The molecule has 1 saturated heterocycles. The van der Waals surface area contributed by atoms with Gasteiger partial charge in [-0.1, -0.05) is 61.5 Å². The van der Waals surface area contributed by atoms with Gasteiger partial charge >= 0.3 is 5.97 Å². The quantitative estimate of drug-likeness (QED) is 0.218. The van der Waals surface area contributed by atoms with Crippen LogP contribution in [0.2, 0.25) is 0 Å². The number of allylic oxidation sites excluding steroid dienone is 1. The van der Waals surface area contributed by atoms with Crippen LogP contribution in [-0.2, 0) is 14.3 Å². The van der Waals surface area contributed by atoms with Crippen molar-refractivity contribution in [2.45, 2.75) is 131 Å². The largest absolute Gasteiger partial charge is 0.462 e. The molecule has 0 aromatic carbocycles. The predicted molar refractivity (Wildman–Crippen MR) is 140 cm³/mol. The monoisotopic (exact) mass is 482 g/mol. The Kier molecular flexibility index (Phi) is 4.88. The minimum atomic E-state index is -0.138. The number of esters is 1. The van der Waals surface area contributed by atoms with E-state index in [1.807, 2.05) is 0 Å². The molecule has 0 amide bonds. The van der Waals surface area contributed by atoms with Crippen LogP contribution in [-0.4, -0.2) is 23.8 Å². The van der Waals surface area contributed by atoms with Gasteiger partial charge in [0.05, 0.1) is 6.10 Å². The number of hydrogen-bond donors (Lipinski definition) is 0. The van der Waals surface area contributed by atoms with E-state index in [0.29, 0.717) is 17.4 Å². The smallest absolute Gasteiger partial charge is 0.302 e. The third kappa shape index (κ3) is 2.70. The van der Waals surface area contributed by atoms with E-state index >= 15 is 0 Å². The Bertz CT molecular complexity index is 981. The van der Waals surface area contributed by atoms with E-state index in [1.54, 1.807) is 12.5 Å². The SMILES string of the molecule is CC(=O)O[C@H]1CC[C@]2(C)C3=CC[C@@]4(C)[C@@H]5[C@@H](C)[C@H](C)CC[C@]5(C)CC[C@]4(C)[C@]34O[C@@H]4C[C@H]2C1(C)C. The Balaban J connectivity index is 1.44. The number of fused-ring (bicyclic) bond motifs is 5. The summed E-state index contributed by atoms with van der Waals surface area (Å²) in [6, 6.07) is 0. The Morgan fingerprint density at radius 2 is 1.71 bits per heavy atom. The second-order valence-electron chi connectivity index (χ2n) is 15.6. The lowest BCUT2D eigenvalue weighted by molar-refractivity contribution is -0.195. The van der Waals surface area contributed by atoms with Crippen molar-refractivity contribution in [3.05, 3.63) is 11.6 Å². The molecule has 5 aliphatic carbocycles. The van der Waals surface area contributed by atoms with Gasteiger partial charge < -0.3 is 9.47 Å². The summed E-state index contributed by atoms with van der Waals surface area (Å²) in [6.45, 7) is 21.8. The highest BCUT2D eigenvalue weighted by molar-refractivity contribution is 5.66. The van der Waals surface area contributed by atoms with Crippen molar-refractivity contribution in [2.24, 2.45) is 50.7 Å². The van der Waals surface area contributed by atoms with Crippen molar-refractivity contribution in [1.82, 2.24) is 0 Å². The molecule has 0 radical (unpaired) electrons. The van der Waals surface area contributed by atoms with Gasteiger partial charge in [-0.2, -0.15) is 0 Å². The van der Waals surface area contributed by atoms with E-state index in [1.165, 1.54) is 32.1 Å². The zero-order chi connectivity index (χ0) is 25.4. The molecule has 1 heterocycles. The molecule has 11 atom stereocenters. The first kappa shape index (κ1) is 24.5. The Morgan fingerprint density at radius 3 is 2.40 bits per heavy atom. The number of hydrogen-bond acceptors (Lipinski definition) is 3. The number of carbonyl (C=O) groups excluding carboxylic acids is 1. The summed E-state index contributed by atoms with van der Waals surface area (Å²) < 4.78 is 13.0. The summed E-state index contributed by atoms with van der Waals surface area (Å²) >= 11 is 0. The van der Waals surface area contributed by atoms with E-state index in [0.717, 1.165) is 37.0 Å². The molecule has 196 valence electrons. The highest BCUT2D eigenvalue weighted by atomic mass is 16.6. The maximum absolute atomic E-state index is 11.9. The van der Waals surface area contributed by atoms with Crippen LogP contribution in [0, 0.1) is 50.7 Å². The van der Waals surface area contributed by atoms with Crippen molar-refractivity contribution in [3.63, 3.8) is 0 Å². The molecule has 3 heteroatoms. The van der Waals surface area contributed by atoms with E-state index in [2.05, 4.69) is 61.5 Å². The van der Waals surface area contributed by atoms with E-state index in [9.17, 15) is 4.79 Å². The van der Waals surface area contributed by atoms with Crippen LogP contribution in [0.1, 0.15) is 114 Å². The third-order valence-corrected chi connectivity index (χ3v) is 14.0. The minimum absolute atomic E-state index is 0.00864. The van der Waals surface area contributed by atoms with Crippen molar-refractivity contribution >= 4 is 5.97 Å². The zero-order valence-electron chi connectivity index (χ0n) is 23.9. The van der Waals surface area contributed by atoms with Crippen LogP contribution in [0.5, 0.6) is 0 Å². The van der Waals surface area contributed by atoms with Crippen molar-refractivity contribution in [3.8, 4) is 0 Å². The van der Waals surface area contributed by atoms with Gasteiger partial charge in [-0.25, -0.2) is 0 Å². The average Bonchev–Trinajstić information content (AvgIpc) is 3.49. The van der Waals surface area contributed by atoms with Gasteiger partial charge in [0.15, 0.2) is 0 Å². The standard InChI is InChI=1S/C32H50O3/c1-19-10-13-28(6)16-17-31(9)30(8,26(28)20(19)2)15-11-22-29(7)14-12-24(34-21(3)33)27(4,5)23(29)18-25-32(22,31)35-25/h11,19-20,23-26H,10,12-18H2,1-9H3/t19-,20+,23+,24+,25-,26-,28-,29-,30+,31+,32+/m1/s1. The molecule has 0 aromatic heterocycles. The second-order valence-corrected chi connectivity index (χ2v) is 15.6. The Labute approximate surface area is 214 Å². The summed E-state index contributed by atoms with van der Waals surface area (Å²) in [5.74, 6) is 2.69. The molecule has 6 aliphatic rings. The number of carbonyl (C=O) groups is 1. The molecule has 5 fully saturated rings. The van der Waals surface area contributed by atoms with Crippen LogP contribution in [0.4, 0.5) is 0 Å². The van der Waals surface area contributed by atoms with Crippen molar-refractivity contribution in [2.75, 3.05) is 0 Å². The van der Waals surface area contributed by atoms with Gasteiger partial charge in [-0.15, -0.1) is 0 Å². The molecule has 1 spiro atoms. The summed E-state index contributed by atoms with van der Waals surface area (Å²) in [5, 5.41) is 0. The fourth-order valence-corrected chi connectivity index (χ4v) is 11.8. The van der Waals surface area contributed by atoms with Crippen LogP contribution in [0.3, 0.4) is 0 Å². The second kappa shape index (κ2) is 6.97. The summed E-state index contributed by atoms with van der Waals surface area (Å²) in [4.78, 5) is 11.9. The van der Waals surface area contributed by atoms with Crippen molar-refractivity contribution in [1.29, 1.82) is 0 Å². The van der Waals surface area contributed by atoms with Gasteiger partial charge in [0.1, 0.15) is 11.7 Å². The topological polar surface area (TPSA) is 38.8 Å². The maximum atomic E-state index is 11.9. The molecular weight excluding hydrogens is 432 g/mol. The first-order valence-electron chi connectivity index (χ1n) is 14.7. The normalized spacial score (nSPS) is 57.9. The fourth-order valence-electron chi connectivity index (χ4n) is 11.8. The first-order valence-corrected chi connectivity index (χ1v) is 14.7. The van der Waals surface area contributed by atoms with Gasteiger partial charge in [-0.3, -0.25) is 4.79 Å². The summed E-state index contributed by atoms with van der Waals surface area (Å²) in [6.07, 6.45) is 12.8.